The molecule has 1 aromatic carbocycles. The van der Waals surface area contributed by atoms with Crippen LogP contribution in [0.2, 0.25) is 0 Å². The molecule has 1 amide bonds. The first-order chi connectivity index (χ1) is 12.1. The Bertz CT molecular complexity index is 564. The summed E-state index contributed by atoms with van der Waals surface area (Å²) in [7, 11) is 1.61. The van der Waals surface area contributed by atoms with Gasteiger partial charge in [0.05, 0.1) is 19.6 Å². The monoisotopic (exact) mass is 349 g/mol. The molecule has 0 spiro atoms. The molecule has 1 aliphatic heterocycles. The van der Waals surface area contributed by atoms with Crippen LogP contribution in [0.1, 0.15) is 33.1 Å². The maximum atomic E-state index is 12.7. The number of rotatable bonds is 7. The maximum Gasteiger partial charge on any atom is 0.309 e. The zero-order valence-electron chi connectivity index (χ0n) is 15.2. The van der Waals surface area contributed by atoms with Crippen LogP contribution in [-0.2, 0) is 14.3 Å². The predicted molar refractivity (Wildman–Crippen MR) is 93.6 cm³/mol. The first kappa shape index (κ1) is 19.1. The van der Waals surface area contributed by atoms with E-state index in [4.69, 9.17) is 14.2 Å². The lowest BCUT2D eigenvalue weighted by Gasteiger charge is -2.33. The molecule has 0 saturated carbocycles. The Morgan fingerprint density at radius 3 is 2.24 bits per heavy atom. The average molecular weight is 349 g/mol. The van der Waals surface area contributed by atoms with E-state index in [2.05, 4.69) is 0 Å². The van der Waals surface area contributed by atoms with Crippen LogP contribution >= 0.6 is 0 Å². The molecule has 0 aromatic heterocycles. The molecule has 138 valence electrons. The minimum Gasteiger partial charge on any atom is -0.497 e. The minimum atomic E-state index is -0.521. The highest BCUT2D eigenvalue weighted by atomic mass is 16.5. The summed E-state index contributed by atoms with van der Waals surface area (Å²) < 4.78 is 16.0. The smallest absolute Gasteiger partial charge is 0.309 e. The highest BCUT2D eigenvalue weighted by Crippen LogP contribution is 2.22. The second-order valence-corrected chi connectivity index (χ2v) is 6.04. The second-order valence-electron chi connectivity index (χ2n) is 6.04. The fourth-order valence-electron chi connectivity index (χ4n) is 2.93. The van der Waals surface area contributed by atoms with Crippen molar-refractivity contribution in [3.63, 3.8) is 0 Å². The molecule has 1 heterocycles. The number of piperidine rings is 1. The second kappa shape index (κ2) is 9.30. The van der Waals surface area contributed by atoms with Crippen molar-refractivity contribution in [3.05, 3.63) is 24.3 Å². The van der Waals surface area contributed by atoms with Crippen LogP contribution in [0.15, 0.2) is 24.3 Å². The molecule has 0 radical (unpaired) electrons. The molecule has 0 N–H and O–H groups in total. The Labute approximate surface area is 149 Å². The van der Waals surface area contributed by atoms with Gasteiger partial charge in [-0.3, -0.25) is 9.59 Å². The standard InChI is InChI=1S/C19H27NO5/c1-4-17(25-16-8-6-15(23-3)7-9-16)18(21)20-12-10-14(11-13-20)19(22)24-5-2/h6-9,14,17H,4-5,10-13H2,1-3H3. The number of hydrogen-bond donors (Lipinski definition) is 0. The molecule has 0 bridgehead atoms. The largest absolute Gasteiger partial charge is 0.497 e. The Kier molecular flexibility index (Phi) is 7.10. The number of nitrogens with zero attached hydrogens (tertiary/aromatic N) is 1. The Morgan fingerprint density at radius 1 is 1.12 bits per heavy atom. The quantitative estimate of drug-likeness (QED) is 0.708. The lowest BCUT2D eigenvalue weighted by atomic mass is 9.96. The number of hydrogen-bond acceptors (Lipinski definition) is 5. The lowest BCUT2D eigenvalue weighted by molar-refractivity contribution is -0.152. The first-order valence-corrected chi connectivity index (χ1v) is 8.85. The molecule has 6 nitrogen and oxygen atoms in total. The fraction of sp³-hybridized carbons (Fsp3) is 0.579. The number of methoxy groups -OCH3 is 1. The van der Waals surface area contributed by atoms with Gasteiger partial charge in [-0.1, -0.05) is 6.92 Å². The van der Waals surface area contributed by atoms with Crippen LogP contribution in [0.3, 0.4) is 0 Å². The molecule has 1 aromatic rings. The first-order valence-electron chi connectivity index (χ1n) is 8.85. The van der Waals surface area contributed by atoms with Crippen molar-refractivity contribution in [1.29, 1.82) is 0 Å². The number of ether oxygens (including phenoxy) is 3. The SMILES string of the molecule is CCOC(=O)C1CCN(C(=O)C(CC)Oc2ccc(OC)cc2)CC1. The van der Waals surface area contributed by atoms with Gasteiger partial charge < -0.3 is 19.1 Å². The molecule has 1 unspecified atom stereocenters. The number of amides is 1. The van der Waals surface area contributed by atoms with E-state index in [0.717, 1.165) is 5.75 Å². The van der Waals surface area contributed by atoms with E-state index in [9.17, 15) is 9.59 Å². The molecule has 1 atom stereocenters. The fourth-order valence-corrected chi connectivity index (χ4v) is 2.93. The Hall–Kier alpha value is -2.24. The van der Waals surface area contributed by atoms with E-state index in [0.29, 0.717) is 44.7 Å². The van der Waals surface area contributed by atoms with E-state index in [-0.39, 0.29) is 17.8 Å². The van der Waals surface area contributed by atoms with Crippen molar-refractivity contribution in [2.45, 2.75) is 39.2 Å². The van der Waals surface area contributed by atoms with E-state index in [1.54, 1.807) is 43.2 Å². The number of benzene rings is 1. The highest BCUT2D eigenvalue weighted by Gasteiger charge is 2.31. The van der Waals surface area contributed by atoms with E-state index in [1.807, 2.05) is 6.92 Å². The third-order valence-corrected chi connectivity index (χ3v) is 4.41. The van der Waals surface area contributed by atoms with Crippen LogP contribution in [0.5, 0.6) is 11.5 Å². The summed E-state index contributed by atoms with van der Waals surface area (Å²) in [6.07, 6.45) is 1.35. The summed E-state index contributed by atoms with van der Waals surface area (Å²) >= 11 is 0. The Morgan fingerprint density at radius 2 is 1.72 bits per heavy atom. The summed E-state index contributed by atoms with van der Waals surface area (Å²) in [6.45, 7) is 5.25. The van der Waals surface area contributed by atoms with Gasteiger partial charge in [0.1, 0.15) is 11.5 Å². The number of carbonyl (C=O) groups is 2. The number of carbonyl (C=O) groups excluding carboxylic acids is 2. The van der Waals surface area contributed by atoms with Gasteiger partial charge in [0.25, 0.3) is 5.91 Å². The molecule has 1 fully saturated rings. The summed E-state index contributed by atoms with van der Waals surface area (Å²) in [4.78, 5) is 26.3. The number of likely N-dealkylation sites (tertiary alicyclic amines) is 1. The van der Waals surface area contributed by atoms with Crippen molar-refractivity contribution in [1.82, 2.24) is 4.90 Å². The summed E-state index contributed by atoms with van der Waals surface area (Å²) in [5.74, 6) is 1.10. The molecule has 1 aliphatic rings. The third kappa shape index (κ3) is 5.11. The number of esters is 1. The molecule has 2 rings (SSSR count). The average Bonchev–Trinajstić information content (AvgIpc) is 2.66. The van der Waals surface area contributed by atoms with Crippen molar-refractivity contribution in [3.8, 4) is 11.5 Å². The highest BCUT2D eigenvalue weighted by molar-refractivity contribution is 5.81. The minimum absolute atomic E-state index is 0.0272. The van der Waals surface area contributed by atoms with E-state index in [1.165, 1.54) is 0 Å². The van der Waals surface area contributed by atoms with Crippen LogP contribution in [0.25, 0.3) is 0 Å². The molecule has 1 saturated heterocycles. The maximum absolute atomic E-state index is 12.7. The van der Waals surface area contributed by atoms with Crippen molar-refractivity contribution >= 4 is 11.9 Å². The van der Waals surface area contributed by atoms with Crippen molar-refractivity contribution in [2.24, 2.45) is 5.92 Å². The van der Waals surface area contributed by atoms with Crippen molar-refractivity contribution < 1.29 is 23.8 Å². The summed E-state index contributed by atoms with van der Waals surface area (Å²) in [5, 5.41) is 0. The Balaban J connectivity index is 1.90. The van der Waals surface area contributed by atoms with E-state index >= 15 is 0 Å². The van der Waals surface area contributed by atoms with Gasteiger partial charge in [0, 0.05) is 13.1 Å². The van der Waals surface area contributed by atoms with Gasteiger partial charge in [0.15, 0.2) is 6.10 Å². The topological polar surface area (TPSA) is 65.1 Å². The van der Waals surface area contributed by atoms with Gasteiger partial charge in [-0.25, -0.2) is 0 Å². The summed E-state index contributed by atoms with van der Waals surface area (Å²) in [5.41, 5.74) is 0. The van der Waals surface area contributed by atoms with Gasteiger partial charge in [-0.2, -0.15) is 0 Å². The van der Waals surface area contributed by atoms with Crippen LogP contribution in [-0.4, -0.2) is 49.7 Å². The lowest BCUT2D eigenvalue weighted by Crippen LogP contribution is -2.46. The zero-order valence-corrected chi connectivity index (χ0v) is 15.2. The summed E-state index contributed by atoms with van der Waals surface area (Å²) in [6, 6.07) is 7.19. The third-order valence-electron chi connectivity index (χ3n) is 4.41. The molecule has 6 heteroatoms. The van der Waals surface area contributed by atoms with Gasteiger partial charge >= 0.3 is 5.97 Å². The van der Waals surface area contributed by atoms with Gasteiger partial charge in [-0.05, 0) is 50.5 Å². The van der Waals surface area contributed by atoms with Crippen LogP contribution < -0.4 is 9.47 Å². The van der Waals surface area contributed by atoms with Crippen LogP contribution in [0, 0.1) is 5.92 Å². The predicted octanol–water partition coefficient (Wildman–Crippen LogP) is 2.65. The molecule has 25 heavy (non-hydrogen) atoms. The van der Waals surface area contributed by atoms with Gasteiger partial charge in [0.2, 0.25) is 0 Å². The molecule has 0 aliphatic carbocycles. The van der Waals surface area contributed by atoms with Gasteiger partial charge in [-0.15, -0.1) is 0 Å². The van der Waals surface area contributed by atoms with E-state index < -0.39 is 6.10 Å². The molecular formula is C19H27NO5. The van der Waals surface area contributed by atoms with Crippen LogP contribution in [0.4, 0.5) is 0 Å². The van der Waals surface area contributed by atoms with Crippen molar-refractivity contribution in [2.75, 3.05) is 26.8 Å². The zero-order chi connectivity index (χ0) is 18.2. The normalized spacial score (nSPS) is 16.2. The molecular weight excluding hydrogens is 322 g/mol.